The van der Waals surface area contributed by atoms with Crippen LogP contribution in [0.4, 0.5) is 0 Å². The van der Waals surface area contributed by atoms with Crippen LogP contribution in [0.2, 0.25) is 0 Å². The van der Waals surface area contributed by atoms with Gasteiger partial charge in [0.1, 0.15) is 12.2 Å². The zero-order chi connectivity index (χ0) is 15.6. The van der Waals surface area contributed by atoms with Gasteiger partial charge in [0.2, 0.25) is 0 Å². The number of nitrogens with zero attached hydrogens (tertiary/aromatic N) is 5. The fourth-order valence-electron chi connectivity index (χ4n) is 3.39. The van der Waals surface area contributed by atoms with Gasteiger partial charge in [-0.15, -0.1) is 0 Å². The van der Waals surface area contributed by atoms with E-state index in [1.54, 1.807) is 6.33 Å². The number of rotatable bonds is 7. The number of hydrogen-bond donors (Lipinski definition) is 1. The van der Waals surface area contributed by atoms with E-state index in [1.165, 1.54) is 18.5 Å². The number of H-pyrrole nitrogens is 1. The van der Waals surface area contributed by atoms with E-state index in [9.17, 15) is 0 Å². The lowest BCUT2D eigenvalue weighted by molar-refractivity contribution is 0.0703. The standard InChI is InChI=1S/C16H24N6O/c1-21(9-13-4-6-19-22(13)8-12-2-3-12)10-15-14(5-7-23-15)16-17-11-18-20-16/h4,6,11-12,14-15H,2-3,5,7-10H2,1H3,(H,17,18,20)/t14-,15-/m1/s1. The molecule has 0 bridgehead atoms. The molecule has 3 heterocycles. The molecule has 1 aliphatic carbocycles. The van der Waals surface area contributed by atoms with Crippen LogP contribution < -0.4 is 0 Å². The summed E-state index contributed by atoms with van der Waals surface area (Å²) in [4.78, 5) is 6.63. The summed E-state index contributed by atoms with van der Waals surface area (Å²) in [5.74, 6) is 2.10. The Balaban J connectivity index is 1.36. The Morgan fingerprint density at radius 3 is 3.09 bits per heavy atom. The van der Waals surface area contributed by atoms with Gasteiger partial charge in [-0.1, -0.05) is 0 Å². The highest BCUT2D eigenvalue weighted by molar-refractivity contribution is 5.03. The first-order valence-electron chi connectivity index (χ1n) is 8.45. The summed E-state index contributed by atoms with van der Waals surface area (Å²) in [7, 11) is 2.15. The Labute approximate surface area is 136 Å². The lowest BCUT2D eigenvalue weighted by Gasteiger charge is -2.24. The Kier molecular flexibility index (Phi) is 4.13. The van der Waals surface area contributed by atoms with Crippen molar-refractivity contribution < 1.29 is 4.74 Å². The smallest absolute Gasteiger partial charge is 0.137 e. The predicted octanol–water partition coefficient (Wildman–Crippen LogP) is 1.42. The van der Waals surface area contributed by atoms with Crippen LogP contribution >= 0.6 is 0 Å². The van der Waals surface area contributed by atoms with Gasteiger partial charge in [-0.25, -0.2) is 4.98 Å². The summed E-state index contributed by atoms with van der Waals surface area (Å²) in [5, 5.41) is 11.4. The number of likely N-dealkylation sites (N-methyl/N-ethyl adjacent to an activating group) is 1. The van der Waals surface area contributed by atoms with Crippen molar-refractivity contribution in [3.8, 4) is 0 Å². The van der Waals surface area contributed by atoms with Gasteiger partial charge < -0.3 is 4.74 Å². The summed E-state index contributed by atoms with van der Waals surface area (Å²) in [5.41, 5.74) is 1.29. The third-order valence-corrected chi connectivity index (χ3v) is 4.85. The molecule has 7 heteroatoms. The molecule has 0 aromatic carbocycles. The summed E-state index contributed by atoms with van der Waals surface area (Å²) in [6.45, 7) is 3.65. The van der Waals surface area contributed by atoms with Crippen LogP contribution in [0.15, 0.2) is 18.6 Å². The highest BCUT2D eigenvalue weighted by atomic mass is 16.5. The first-order valence-corrected chi connectivity index (χ1v) is 8.45. The monoisotopic (exact) mass is 316 g/mol. The van der Waals surface area contributed by atoms with Gasteiger partial charge in [0, 0.05) is 38.4 Å². The largest absolute Gasteiger partial charge is 0.376 e. The highest BCUT2D eigenvalue weighted by Crippen LogP contribution is 2.31. The predicted molar refractivity (Wildman–Crippen MR) is 84.8 cm³/mol. The van der Waals surface area contributed by atoms with Crippen molar-refractivity contribution in [2.45, 2.75) is 44.4 Å². The van der Waals surface area contributed by atoms with E-state index in [4.69, 9.17) is 4.74 Å². The molecule has 1 N–H and O–H groups in total. The summed E-state index contributed by atoms with van der Waals surface area (Å²) < 4.78 is 8.10. The van der Waals surface area contributed by atoms with Crippen molar-refractivity contribution in [1.29, 1.82) is 0 Å². The maximum absolute atomic E-state index is 5.93. The first kappa shape index (κ1) is 14.8. The summed E-state index contributed by atoms with van der Waals surface area (Å²) in [6, 6.07) is 2.13. The van der Waals surface area contributed by atoms with Crippen molar-refractivity contribution in [2.24, 2.45) is 5.92 Å². The van der Waals surface area contributed by atoms with E-state index < -0.39 is 0 Å². The molecular weight excluding hydrogens is 292 g/mol. The molecule has 0 radical (unpaired) electrons. The minimum Gasteiger partial charge on any atom is -0.376 e. The molecule has 2 atom stereocenters. The van der Waals surface area contributed by atoms with Gasteiger partial charge in [0.05, 0.1) is 11.8 Å². The highest BCUT2D eigenvalue weighted by Gasteiger charge is 2.32. The van der Waals surface area contributed by atoms with E-state index in [2.05, 4.69) is 43.0 Å². The summed E-state index contributed by atoms with van der Waals surface area (Å²) >= 11 is 0. The second kappa shape index (κ2) is 6.41. The molecule has 1 saturated carbocycles. The first-order chi connectivity index (χ1) is 11.3. The average molecular weight is 316 g/mol. The van der Waals surface area contributed by atoms with Crippen LogP contribution in [-0.4, -0.2) is 56.2 Å². The Hall–Kier alpha value is -1.73. The topological polar surface area (TPSA) is 71.9 Å². The lowest BCUT2D eigenvalue weighted by Crippen LogP contribution is -2.32. The normalized spacial score (nSPS) is 24.6. The fraction of sp³-hybridized carbons (Fsp3) is 0.688. The lowest BCUT2D eigenvalue weighted by atomic mass is 10.0. The maximum atomic E-state index is 5.93. The SMILES string of the molecule is CN(Cc1ccnn1CC1CC1)C[C@H]1OCC[C@H]1c1ncn[nH]1. The molecule has 0 unspecified atom stereocenters. The van der Waals surface area contributed by atoms with E-state index in [-0.39, 0.29) is 6.10 Å². The van der Waals surface area contributed by atoms with Gasteiger partial charge in [-0.05, 0) is 38.3 Å². The van der Waals surface area contributed by atoms with Gasteiger partial charge in [-0.2, -0.15) is 10.2 Å². The Morgan fingerprint density at radius 1 is 1.39 bits per heavy atom. The molecule has 1 saturated heterocycles. The number of hydrogen-bond acceptors (Lipinski definition) is 5. The van der Waals surface area contributed by atoms with E-state index in [0.717, 1.165) is 44.4 Å². The van der Waals surface area contributed by atoms with Crippen LogP contribution in [0, 0.1) is 5.92 Å². The van der Waals surface area contributed by atoms with E-state index in [0.29, 0.717) is 5.92 Å². The second-order valence-corrected chi connectivity index (χ2v) is 6.82. The van der Waals surface area contributed by atoms with Gasteiger partial charge in [0.25, 0.3) is 0 Å². The van der Waals surface area contributed by atoms with Crippen LogP contribution in [0.5, 0.6) is 0 Å². The van der Waals surface area contributed by atoms with Crippen LogP contribution in [0.1, 0.15) is 36.7 Å². The molecule has 2 aromatic heterocycles. The second-order valence-electron chi connectivity index (χ2n) is 6.82. The molecule has 0 amide bonds. The molecule has 4 rings (SSSR count). The molecule has 2 aromatic rings. The third-order valence-electron chi connectivity index (χ3n) is 4.85. The van der Waals surface area contributed by atoms with Crippen molar-refractivity contribution in [1.82, 2.24) is 29.9 Å². The molecule has 7 nitrogen and oxygen atoms in total. The van der Waals surface area contributed by atoms with Gasteiger partial charge >= 0.3 is 0 Å². The van der Waals surface area contributed by atoms with Crippen LogP contribution in [0.3, 0.4) is 0 Å². The summed E-state index contributed by atoms with van der Waals surface area (Å²) in [6.07, 6.45) is 7.37. The van der Waals surface area contributed by atoms with Crippen molar-refractivity contribution >= 4 is 0 Å². The van der Waals surface area contributed by atoms with Gasteiger partial charge in [0.15, 0.2) is 0 Å². The van der Waals surface area contributed by atoms with Crippen LogP contribution in [0.25, 0.3) is 0 Å². The average Bonchev–Trinajstić information content (AvgIpc) is 2.96. The van der Waals surface area contributed by atoms with Crippen molar-refractivity contribution in [3.05, 3.63) is 30.1 Å². The minimum absolute atomic E-state index is 0.174. The maximum Gasteiger partial charge on any atom is 0.137 e. The van der Waals surface area contributed by atoms with E-state index in [1.807, 2.05) is 6.20 Å². The molecule has 2 fully saturated rings. The fourth-order valence-corrected chi connectivity index (χ4v) is 3.39. The Morgan fingerprint density at radius 2 is 2.30 bits per heavy atom. The third kappa shape index (κ3) is 3.45. The number of aromatic nitrogens is 5. The minimum atomic E-state index is 0.174. The number of aromatic amines is 1. The zero-order valence-electron chi connectivity index (χ0n) is 13.6. The quantitative estimate of drug-likeness (QED) is 0.836. The van der Waals surface area contributed by atoms with Crippen molar-refractivity contribution in [3.63, 3.8) is 0 Å². The molecule has 23 heavy (non-hydrogen) atoms. The molecule has 124 valence electrons. The molecule has 2 aliphatic rings. The van der Waals surface area contributed by atoms with Gasteiger partial charge in [-0.3, -0.25) is 14.7 Å². The molecular formula is C16H24N6O. The zero-order valence-corrected chi connectivity index (χ0v) is 13.6. The number of ether oxygens (including phenoxy) is 1. The molecule has 0 spiro atoms. The molecule has 1 aliphatic heterocycles. The van der Waals surface area contributed by atoms with Crippen LogP contribution in [-0.2, 0) is 17.8 Å². The van der Waals surface area contributed by atoms with Crippen molar-refractivity contribution in [2.75, 3.05) is 20.2 Å². The number of nitrogens with one attached hydrogen (secondary N) is 1. The van der Waals surface area contributed by atoms with E-state index >= 15 is 0 Å². The Bertz CT molecular complexity index is 620.